The number of thiophene rings is 1. The first-order valence-electron chi connectivity index (χ1n) is 7.33. The topological polar surface area (TPSA) is 46.3 Å². The molecule has 1 unspecified atom stereocenters. The van der Waals surface area contributed by atoms with E-state index in [-0.39, 0.29) is 17.4 Å². The van der Waals surface area contributed by atoms with Crippen LogP contribution in [0.5, 0.6) is 0 Å². The molecular formula is C16H19FN2OS. The van der Waals surface area contributed by atoms with Crippen LogP contribution in [0.1, 0.15) is 35.9 Å². The third-order valence-electron chi connectivity index (χ3n) is 4.20. The zero-order valence-corrected chi connectivity index (χ0v) is 12.9. The minimum atomic E-state index is -0.357. The zero-order chi connectivity index (χ0) is 15.0. The molecule has 0 saturated carbocycles. The number of nitrogens with zero attached hydrogens (tertiary/aromatic N) is 1. The van der Waals surface area contributed by atoms with Crippen LogP contribution in [0.15, 0.2) is 18.2 Å². The number of carbonyl (C=O) groups is 1. The van der Waals surface area contributed by atoms with E-state index in [4.69, 9.17) is 5.73 Å². The molecule has 3 nitrogen and oxygen atoms in total. The average Bonchev–Trinajstić information content (AvgIpc) is 2.65. The summed E-state index contributed by atoms with van der Waals surface area (Å²) in [6, 6.07) is 4.84. The number of halogens is 1. The van der Waals surface area contributed by atoms with Crippen molar-refractivity contribution in [3.8, 4) is 0 Å². The van der Waals surface area contributed by atoms with Crippen LogP contribution < -0.4 is 5.73 Å². The summed E-state index contributed by atoms with van der Waals surface area (Å²) in [4.78, 5) is 15.0. The van der Waals surface area contributed by atoms with Crippen molar-refractivity contribution in [2.75, 3.05) is 18.8 Å². The monoisotopic (exact) mass is 306 g/mol. The van der Waals surface area contributed by atoms with Gasteiger partial charge in [-0.3, -0.25) is 4.79 Å². The number of nitrogen functional groups attached to an aromatic ring is 1. The Bertz CT molecular complexity index is 682. The summed E-state index contributed by atoms with van der Waals surface area (Å²) in [6.07, 6.45) is 3.19. The number of fused-ring (bicyclic) bond motifs is 1. The van der Waals surface area contributed by atoms with Gasteiger partial charge in [-0.1, -0.05) is 13.0 Å². The Morgan fingerprint density at radius 2 is 2.19 bits per heavy atom. The molecule has 0 radical (unpaired) electrons. The molecule has 1 atom stereocenters. The number of hydrogen-bond donors (Lipinski definition) is 1. The minimum absolute atomic E-state index is 0.0535. The van der Waals surface area contributed by atoms with Crippen molar-refractivity contribution in [1.82, 2.24) is 4.90 Å². The number of carbonyl (C=O) groups excluding carboxylic acids is 1. The van der Waals surface area contributed by atoms with E-state index in [2.05, 4.69) is 6.92 Å². The Balaban J connectivity index is 1.94. The van der Waals surface area contributed by atoms with Crippen molar-refractivity contribution < 1.29 is 9.18 Å². The smallest absolute Gasteiger partial charge is 0.266 e. The van der Waals surface area contributed by atoms with Gasteiger partial charge in [-0.25, -0.2) is 4.39 Å². The van der Waals surface area contributed by atoms with Gasteiger partial charge in [-0.15, -0.1) is 11.3 Å². The molecule has 1 aromatic heterocycles. The van der Waals surface area contributed by atoms with Gasteiger partial charge in [0.25, 0.3) is 5.91 Å². The van der Waals surface area contributed by atoms with Crippen molar-refractivity contribution in [2.24, 2.45) is 5.92 Å². The third-order valence-corrected chi connectivity index (χ3v) is 5.36. The number of hydrogen-bond acceptors (Lipinski definition) is 3. The molecule has 2 heterocycles. The Morgan fingerprint density at radius 3 is 2.95 bits per heavy atom. The molecule has 112 valence electrons. The lowest BCUT2D eigenvalue weighted by Gasteiger charge is -2.19. The molecule has 3 rings (SSSR count). The number of benzene rings is 1. The molecule has 1 saturated heterocycles. The quantitative estimate of drug-likeness (QED) is 0.869. The fourth-order valence-corrected chi connectivity index (χ4v) is 4.00. The van der Waals surface area contributed by atoms with Gasteiger partial charge in [0.15, 0.2) is 0 Å². The maximum Gasteiger partial charge on any atom is 0.266 e. The number of amides is 1. The Kier molecular flexibility index (Phi) is 3.85. The molecule has 0 aliphatic carbocycles. The summed E-state index contributed by atoms with van der Waals surface area (Å²) in [7, 11) is 0. The van der Waals surface area contributed by atoms with Gasteiger partial charge in [0, 0.05) is 17.8 Å². The molecule has 1 aromatic carbocycles. The lowest BCUT2D eigenvalue weighted by atomic mass is 10.0. The molecule has 0 spiro atoms. The van der Waals surface area contributed by atoms with Crippen LogP contribution in [0.3, 0.4) is 0 Å². The fraction of sp³-hybridized carbons (Fsp3) is 0.438. The summed E-state index contributed by atoms with van der Waals surface area (Å²) in [5.74, 6) is 0.243. The number of rotatable bonds is 1. The highest BCUT2D eigenvalue weighted by Crippen LogP contribution is 2.36. The van der Waals surface area contributed by atoms with Crippen LogP contribution in [-0.2, 0) is 0 Å². The minimum Gasteiger partial charge on any atom is -0.397 e. The van der Waals surface area contributed by atoms with Gasteiger partial charge in [-0.05, 0) is 37.3 Å². The molecule has 1 amide bonds. The summed E-state index contributed by atoms with van der Waals surface area (Å²) in [6.45, 7) is 3.74. The van der Waals surface area contributed by atoms with E-state index >= 15 is 0 Å². The number of likely N-dealkylation sites (tertiary alicyclic amines) is 1. The van der Waals surface area contributed by atoms with Gasteiger partial charge >= 0.3 is 0 Å². The van der Waals surface area contributed by atoms with Gasteiger partial charge in [0.2, 0.25) is 0 Å². The van der Waals surface area contributed by atoms with Crippen LogP contribution in [0.2, 0.25) is 0 Å². The largest absolute Gasteiger partial charge is 0.397 e. The van der Waals surface area contributed by atoms with E-state index in [9.17, 15) is 9.18 Å². The Labute approximate surface area is 127 Å². The van der Waals surface area contributed by atoms with E-state index < -0.39 is 0 Å². The maximum atomic E-state index is 13.9. The van der Waals surface area contributed by atoms with E-state index in [0.717, 1.165) is 37.1 Å². The van der Waals surface area contributed by atoms with Gasteiger partial charge < -0.3 is 10.6 Å². The molecule has 1 aliphatic heterocycles. The Hall–Kier alpha value is -1.62. The molecule has 1 fully saturated rings. The van der Waals surface area contributed by atoms with E-state index in [1.807, 2.05) is 4.90 Å². The third kappa shape index (κ3) is 2.62. The molecule has 5 heteroatoms. The van der Waals surface area contributed by atoms with E-state index in [1.54, 1.807) is 12.1 Å². The number of nitrogens with two attached hydrogens (primary N) is 1. The highest BCUT2D eigenvalue weighted by atomic mass is 32.1. The van der Waals surface area contributed by atoms with Crippen LogP contribution in [0, 0.1) is 11.7 Å². The van der Waals surface area contributed by atoms with Crippen molar-refractivity contribution in [2.45, 2.75) is 26.2 Å². The van der Waals surface area contributed by atoms with E-state index in [1.165, 1.54) is 17.4 Å². The predicted octanol–water partition coefficient (Wildman–Crippen LogP) is 3.88. The van der Waals surface area contributed by atoms with Crippen molar-refractivity contribution >= 4 is 33.0 Å². The first-order chi connectivity index (χ1) is 10.1. The molecule has 1 aliphatic rings. The summed E-state index contributed by atoms with van der Waals surface area (Å²) >= 11 is 1.29. The first-order valence-corrected chi connectivity index (χ1v) is 8.15. The summed E-state index contributed by atoms with van der Waals surface area (Å²) in [5, 5.41) is 0.383. The van der Waals surface area contributed by atoms with Crippen LogP contribution in [0.4, 0.5) is 10.1 Å². The second kappa shape index (κ2) is 5.64. The molecular weight excluding hydrogens is 287 g/mol. The van der Waals surface area contributed by atoms with Crippen LogP contribution >= 0.6 is 11.3 Å². The zero-order valence-electron chi connectivity index (χ0n) is 12.1. The first kappa shape index (κ1) is 14.3. The molecule has 2 N–H and O–H groups in total. The van der Waals surface area contributed by atoms with Gasteiger partial charge in [0.05, 0.1) is 11.1 Å². The maximum absolute atomic E-state index is 13.9. The van der Waals surface area contributed by atoms with Gasteiger partial charge in [0.1, 0.15) is 10.7 Å². The van der Waals surface area contributed by atoms with E-state index in [0.29, 0.717) is 16.2 Å². The SMILES string of the molecule is CC1CCCN(C(=O)c2sc3cccc(F)c3c2N)CC1. The van der Waals surface area contributed by atoms with Crippen molar-refractivity contribution in [3.05, 3.63) is 28.9 Å². The standard InChI is InChI=1S/C16H19FN2OS/c1-10-4-3-8-19(9-7-10)16(20)15-14(18)13-11(17)5-2-6-12(13)21-15/h2,5-6,10H,3-4,7-9,18H2,1H3. The Morgan fingerprint density at radius 1 is 1.38 bits per heavy atom. The second-order valence-electron chi connectivity index (χ2n) is 5.79. The van der Waals surface area contributed by atoms with Crippen molar-refractivity contribution in [1.29, 1.82) is 0 Å². The predicted molar refractivity (Wildman–Crippen MR) is 85.1 cm³/mol. The molecule has 0 bridgehead atoms. The lowest BCUT2D eigenvalue weighted by Crippen LogP contribution is -2.31. The molecule has 2 aromatic rings. The number of anilines is 1. The normalized spacial score (nSPS) is 19.7. The average molecular weight is 306 g/mol. The highest BCUT2D eigenvalue weighted by Gasteiger charge is 2.25. The highest BCUT2D eigenvalue weighted by molar-refractivity contribution is 7.21. The van der Waals surface area contributed by atoms with Crippen LogP contribution in [0.25, 0.3) is 10.1 Å². The summed E-state index contributed by atoms with van der Waals surface area (Å²) in [5.41, 5.74) is 6.32. The van der Waals surface area contributed by atoms with Gasteiger partial charge in [-0.2, -0.15) is 0 Å². The summed E-state index contributed by atoms with van der Waals surface area (Å²) < 4.78 is 14.6. The second-order valence-corrected chi connectivity index (χ2v) is 6.84. The van der Waals surface area contributed by atoms with Crippen molar-refractivity contribution in [3.63, 3.8) is 0 Å². The lowest BCUT2D eigenvalue weighted by molar-refractivity contribution is 0.0766. The van der Waals surface area contributed by atoms with Crippen LogP contribution in [-0.4, -0.2) is 23.9 Å². The fourth-order valence-electron chi connectivity index (χ4n) is 2.90. The molecule has 21 heavy (non-hydrogen) atoms.